The van der Waals surface area contributed by atoms with Crippen LogP contribution in [0.3, 0.4) is 0 Å². The number of nitrogens with zero attached hydrogens (tertiary/aromatic N) is 5. The number of imidazole rings is 1. The summed E-state index contributed by atoms with van der Waals surface area (Å²) in [6.45, 7) is 6.56. The summed E-state index contributed by atoms with van der Waals surface area (Å²) >= 11 is 1.61. The molecule has 0 fully saturated rings. The first-order valence-electron chi connectivity index (χ1n) is 9.01. The van der Waals surface area contributed by atoms with Crippen LogP contribution in [0.2, 0.25) is 0 Å². The number of benzene rings is 1. The van der Waals surface area contributed by atoms with Gasteiger partial charge in [0.2, 0.25) is 0 Å². The van der Waals surface area contributed by atoms with Gasteiger partial charge in [-0.1, -0.05) is 17.8 Å². The Morgan fingerprint density at radius 1 is 1.18 bits per heavy atom. The molecule has 1 aliphatic heterocycles. The Morgan fingerprint density at radius 2 is 1.96 bits per heavy atom. The van der Waals surface area contributed by atoms with Gasteiger partial charge in [0.05, 0.1) is 17.7 Å². The Kier molecular flexibility index (Phi) is 4.86. The second-order valence-electron chi connectivity index (χ2n) is 7.30. The lowest BCUT2D eigenvalue weighted by atomic mass is 10.0. The lowest BCUT2D eigenvalue weighted by Gasteiger charge is -2.30. The summed E-state index contributed by atoms with van der Waals surface area (Å²) in [4.78, 5) is 16.5. The highest BCUT2D eigenvalue weighted by Gasteiger charge is 2.26. The van der Waals surface area contributed by atoms with E-state index in [2.05, 4.69) is 37.7 Å². The summed E-state index contributed by atoms with van der Waals surface area (Å²) in [6, 6.07) is 6.38. The fourth-order valence-corrected chi connectivity index (χ4v) is 4.40. The molecule has 4 rings (SSSR count). The maximum Gasteiger partial charge on any atom is 0.168 e. The van der Waals surface area contributed by atoms with Crippen molar-refractivity contribution in [2.45, 2.75) is 42.8 Å². The van der Waals surface area contributed by atoms with Gasteiger partial charge in [0.25, 0.3) is 0 Å². The molecule has 3 aromatic rings. The average molecular weight is 398 g/mol. The number of anilines is 2. The van der Waals surface area contributed by atoms with Gasteiger partial charge in [-0.15, -0.1) is 0 Å². The van der Waals surface area contributed by atoms with Crippen LogP contribution in [0.15, 0.2) is 46.8 Å². The molecule has 0 atom stereocenters. The molecule has 0 amide bonds. The van der Waals surface area contributed by atoms with Gasteiger partial charge >= 0.3 is 0 Å². The molecule has 28 heavy (non-hydrogen) atoms. The van der Waals surface area contributed by atoms with Crippen molar-refractivity contribution in [3.8, 4) is 0 Å². The third-order valence-electron chi connectivity index (χ3n) is 4.71. The van der Waals surface area contributed by atoms with Gasteiger partial charge in [-0.3, -0.25) is 4.90 Å². The van der Waals surface area contributed by atoms with Gasteiger partial charge in [-0.25, -0.2) is 15.0 Å². The van der Waals surface area contributed by atoms with E-state index >= 15 is 0 Å². The van der Waals surface area contributed by atoms with E-state index in [1.165, 1.54) is 0 Å². The Bertz CT molecular complexity index is 1010. The maximum atomic E-state index is 10.3. The first kappa shape index (κ1) is 18.9. The molecule has 0 aliphatic carbocycles. The number of hydrogen-bond donors (Lipinski definition) is 1. The van der Waals surface area contributed by atoms with Crippen LogP contribution in [0.5, 0.6) is 0 Å². The lowest BCUT2D eigenvalue weighted by Crippen LogP contribution is -2.24. The zero-order valence-corrected chi connectivity index (χ0v) is 17.2. The van der Waals surface area contributed by atoms with E-state index in [0.29, 0.717) is 19.0 Å². The minimum atomic E-state index is -0.959. The molecule has 146 valence electrons. The minimum absolute atomic E-state index is 0.398. The fourth-order valence-electron chi connectivity index (χ4n) is 3.41. The molecule has 0 unspecified atom stereocenters. The number of ether oxygens (including phenoxy) is 1. The van der Waals surface area contributed by atoms with E-state index in [9.17, 15) is 5.11 Å². The van der Waals surface area contributed by atoms with Crippen LogP contribution in [0.1, 0.15) is 30.8 Å². The second-order valence-corrected chi connectivity index (χ2v) is 8.33. The quantitative estimate of drug-likeness (QED) is 0.706. The van der Waals surface area contributed by atoms with Crippen LogP contribution in [0, 0.1) is 6.92 Å². The molecular weight excluding hydrogens is 374 g/mol. The Labute approximate surface area is 168 Å². The molecule has 0 saturated carbocycles. The normalized spacial score (nSPS) is 13.4. The van der Waals surface area contributed by atoms with Crippen molar-refractivity contribution in [1.29, 1.82) is 0 Å². The van der Waals surface area contributed by atoms with Gasteiger partial charge in [0, 0.05) is 36.6 Å². The monoisotopic (exact) mass is 397 g/mol. The smallest absolute Gasteiger partial charge is 0.168 e. The van der Waals surface area contributed by atoms with E-state index in [4.69, 9.17) is 4.74 Å². The highest BCUT2D eigenvalue weighted by Crippen LogP contribution is 2.46. The first-order valence-corrected chi connectivity index (χ1v) is 9.83. The van der Waals surface area contributed by atoms with Gasteiger partial charge in [-0.2, -0.15) is 0 Å². The van der Waals surface area contributed by atoms with Gasteiger partial charge in [0.1, 0.15) is 17.4 Å². The number of fused-ring (bicyclic) bond motifs is 2. The van der Waals surface area contributed by atoms with Crippen LogP contribution < -0.4 is 4.90 Å². The topological polar surface area (TPSA) is 76.3 Å². The van der Waals surface area contributed by atoms with Crippen molar-refractivity contribution in [2.75, 3.05) is 18.7 Å². The molecule has 2 aromatic heterocycles. The van der Waals surface area contributed by atoms with Crippen LogP contribution >= 0.6 is 11.8 Å². The van der Waals surface area contributed by atoms with Crippen LogP contribution in [0.25, 0.3) is 0 Å². The Morgan fingerprint density at radius 3 is 2.68 bits per heavy atom. The van der Waals surface area contributed by atoms with Crippen molar-refractivity contribution < 1.29 is 9.84 Å². The summed E-state index contributed by atoms with van der Waals surface area (Å²) in [5.74, 6) is 0.808. The molecule has 0 radical (unpaired) electrons. The Balaban J connectivity index is 1.68. The number of hydrogen-bond acceptors (Lipinski definition) is 7. The van der Waals surface area contributed by atoms with E-state index in [1.54, 1.807) is 51.4 Å². The standard InChI is InChI=1S/C20H23N5O2S/c1-13-17(20(2,3)26)23-11-24(13)10-14-5-6-16-15(9-14)25(12-27-4)18-19(28-16)22-8-7-21-18/h5-9,11,26H,10,12H2,1-4H3. The van der Waals surface area contributed by atoms with Crippen LogP contribution in [0.4, 0.5) is 11.5 Å². The molecule has 1 aliphatic rings. The van der Waals surface area contributed by atoms with E-state index < -0.39 is 5.60 Å². The molecule has 7 nitrogen and oxygen atoms in total. The average Bonchev–Trinajstić information content (AvgIpc) is 3.03. The highest BCUT2D eigenvalue weighted by atomic mass is 32.2. The Hall–Kier alpha value is -2.42. The summed E-state index contributed by atoms with van der Waals surface area (Å²) in [6.07, 6.45) is 5.19. The molecule has 3 heterocycles. The molecule has 8 heteroatoms. The first-order chi connectivity index (χ1) is 13.4. The SMILES string of the molecule is COCN1c2cc(Cn3cnc(C(C)(C)O)c3C)ccc2Sc2nccnc21. The summed E-state index contributed by atoms with van der Waals surface area (Å²) < 4.78 is 7.47. The number of aliphatic hydroxyl groups is 1. The molecule has 1 N–H and O–H groups in total. The van der Waals surface area contributed by atoms with Gasteiger partial charge in [0.15, 0.2) is 5.82 Å². The molecule has 0 spiro atoms. The third kappa shape index (κ3) is 3.39. The van der Waals surface area contributed by atoms with Crippen molar-refractivity contribution in [3.05, 3.63) is 53.9 Å². The van der Waals surface area contributed by atoms with Crippen molar-refractivity contribution >= 4 is 23.3 Å². The summed E-state index contributed by atoms with van der Waals surface area (Å²) in [5.41, 5.74) is 2.89. The van der Waals surface area contributed by atoms with Gasteiger partial charge in [-0.05, 0) is 38.5 Å². The third-order valence-corrected chi connectivity index (χ3v) is 5.76. The fraction of sp³-hybridized carbons (Fsp3) is 0.350. The van der Waals surface area contributed by atoms with Crippen molar-refractivity contribution in [2.24, 2.45) is 0 Å². The predicted molar refractivity (Wildman–Crippen MR) is 108 cm³/mol. The molecule has 1 aromatic carbocycles. The zero-order chi connectivity index (χ0) is 19.9. The van der Waals surface area contributed by atoms with E-state index in [-0.39, 0.29) is 0 Å². The van der Waals surface area contributed by atoms with E-state index in [0.717, 1.165) is 32.7 Å². The molecule has 0 bridgehead atoms. The number of rotatable bonds is 5. The largest absolute Gasteiger partial charge is 0.384 e. The zero-order valence-electron chi connectivity index (χ0n) is 16.4. The maximum absolute atomic E-state index is 10.3. The van der Waals surface area contributed by atoms with Crippen molar-refractivity contribution in [3.63, 3.8) is 0 Å². The minimum Gasteiger partial charge on any atom is -0.384 e. The van der Waals surface area contributed by atoms with Crippen molar-refractivity contribution in [1.82, 2.24) is 19.5 Å². The predicted octanol–water partition coefficient (Wildman–Crippen LogP) is 3.46. The molecular formula is C20H23N5O2S. The number of aromatic nitrogens is 4. The highest BCUT2D eigenvalue weighted by molar-refractivity contribution is 7.99. The summed E-state index contributed by atoms with van der Waals surface area (Å²) in [5, 5.41) is 11.2. The van der Waals surface area contributed by atoms with Crippen LogP contribution in [-0.2, 0) is 16.9 Å². The molecule has 0 saturated heterocycles. The number of methoxy groups -OCH3 is 1. The summed E-state index contributed by atoms with van der Waals surface area (Å²) in [7, 11) is 1.67. The second kappa shape index (κ2) is 7.20. The van der Waals surface area contributed by atoms with Crippen LogP contribution in [-0.4, -0.2) is 38.5 Å². The lowest BCUT2D eigenvalue weighted by molar-refractivity contribution is 0.0734. The van der Waals surface area contributed by atoms with Gasteiger partial charge < -0.3 is 14.4 Å². The van der Waals surface area contributed by atoms with E-state index in [1.807, 2.05) is 11.8 Å².